The van der Waals surface area contributed by atoms with E-state index in [1.165, 1.54) is 0 Å². The maximum Gasteiger partial charge on any atom is 0.356 e. The zero-order valence-corrected chi connectivity index (χ0v) is 14.3. The van der Waals surface area contributed by atoms with Gasteiger partial charge in [0.25, 0.3) is 5.91 Å². The summed E-state index contributed by atoms with van der Waals surface area (Å²) < 4.78 is 10.2. The molecule has 0 saturated carbocycles. The topological polar surface area (TPSA) is 86.2 Å². The largest absolute Gasteiger partial charge is 0.455 e. The summed E-state index contributed by atoms with van der Waals surface area (Å²) >= 11 is 0. The minimum absolute atomic E-state index is 0.0858. The van der Waals surface area contributed by atoms with Crippen LogP contribution in [0.5, 0.6) is 0 Å². The van der Waals surface area contributed by atoms with Crippen molar-refractivity contribution in [1.29, 1.82) is 0 Å². The van der Waals surface area contributed by atoms with Crippen LogP contribution in [0.2, 0.25) is 0 Å². The van der Waals surface area contributed by atoms with Gasteiger partial charge in [-0.15, -0.1) is 0 Å². The van der Waals surface area contributed by atoms with Gasteiger partial charge in [0, 0.05) is 19.2 Å². The molecule has 1 atom stereocenters. The number of amides is 1. The molecule has 1 aromatic rings. The molecule has 7 heteroatoms. The zero-order valence-electron chi connectivity index (χ0n) is 14.3. The van der Waals surface area contributed by atoms with E-state index in [0.717, 1.165) is 5.56 Å². The molecule has 1 amide bonds. The number of ether oxygens (including phenoxy) is 2. The van der Waals surface area contributed by atoms with E-state index < -0.39 is 17.7 Å². The first-order valence-corrected chi connectivity index (χ1v) is 7.63. The maximum atomic E-state index is 12.2. The molecule has 7 nitrogen and oxygen atoms in total. The summed E-state index contributed by atoms with van der Waals surface area (Å²) in [6.45, 7) is 5.79. The minimum Gasteiger partial charge on any atom is -0.455 e. The average molecular weight is 334 g/mol. The fraction of sp³-hybridized carbons (Fsp3) is 0.471. The fourth-order valence-corrected chi connectivity index (χ4v) is 2.05. The first-order valence-electron chi connectivity index (χ1n) is 7.63. The molecule has 130 valence electrons. The molecule has 1 heterocycles. The standard InChI is InChI=1S/C17H22N2O5/c1-17(2,3)23-16(21)13-9-14(24-19-13)15(20)18-12-7-5-11(6-8-12)10-22-4/h5-8,14H,9-10H2,1-4H3,(H,18,20). The second-order valence-corrected chi connectivity index (χ2v) is 6.46. The number of esters is 1. The SMILES string of the molecule is COCc1ccc(NC(=O)C2CC(C(=O)OC(C)(C)C)=NO2)cc1. The van der Waals surface area contributed by atoms with Gasteiger partial charge >= 0.3 is 5.97 Å². The first-order chi connectivity index (χ1) is 11.3. The molecule has 0 aromatic heterocycles. The number of rotatable bonds is 5. The molecular weight excluding hydrogens is 312 g/mol. The minimum atomic E-state index is -0.842. The van der Waals surface area contributed by atoms with Gasteiger partial charge in [-0.05, 0) is 38.5 Å². The first kappa shape index (κ1) is 17.9. The number of methoxy groups -OCH3 is 1. The number of carbonyl (C=O) groups is 2. The predicted octanol–water partition coefficient (Wildman–Crippen LogP) is 2.26. The van der Waals surface area contributed by atoms with Crippen molar-refractivity contribution in [2.75, 3.05) is 12.4 Å². The van der Waals surface area contributed by atoms with E-state index >= 15 is 0 Å². The lowest BCUT2D eigenvalue weighted by atomic mass is 10.1. The van der Waals surface area contributed by atoms with Gasteiger partial charge in [-0.1, -0.05) is 17.3 Å². The molecule has 0 fully saturated rings. The number of carbonyl (C=O) groups excluding carboxylic acids is 2. The Morgan fingerprint density at radius 1 is 1.29 bits per heavy atom. The third-order valence-electron chi connectivity index (χ3n) is 3.13. The molecule has 24 heavy (non-hydrogen) atoms. The predicted molar refractivity (Wildman–Crippen MR) is 88.6 cm³/mol. The van der Waals surface area contributed by atoms with Gasteiger partial charge in [0.15, 0.2) is 5.71 Å². The number of benzene rings is 1. The van der Waals surface area contributed by atoms with Gasteiger partial charge in [0.1, 0.15) is 5.60 Å². The van der Waals surface area contributed by atoms with Crippen molar-refractivity contribution < 1.29 is 23.9 Å². The number of oxime groups is 1. The van der Waals surface area contributed by atoms with Crippen LogP contribution in [0.1, 0.15) is 32.8 Å². The van der Waals surface area contributed by atoms with Gasteiger partial charge in [-0.25, -0.2) is 4.79 Å². The van der Waals surface area contributed by atoms with Crippen molar-refractivity contribution in [3.8, 4) is 0 Å². The van der Waals surface area contributed by atoms with E-state index in [0.29, 0.717) is 12.3 Å². The van der Waals surface area contributed by atoms with Gasteiger partial charge < -0.3 is 19.6 Å². The molecule has 0 radical (unpaired) electrons. The summed E-state index contributed by atoms with van der Waals surface area (Å²) in [6, 6.07) is 7.27. The summed E-state index contributed by atoms with van der Waals surface area (Å²) in [6.07, 6.45) is -0.756. The summed E-state index contributed by atoms with van der Waals surface area (Å²) in [7, 11) is 1.62. The van der Waals surface area contributed by atoms with E-state index in [1.54, 1.807) is 40.0 Å². The number of hydrogen-bond acceptors (Lipinski definition) is 6. The van der Waals surface area contributed by atoms with E-state index in [-0.39, 0.29) is 18.0 Å². The van der Waals surface area contributed by atoms with Crippen LogP contribution in [0.15, 0.2) is 29.4 Å². The molecule has 1 aliphatic heterocycles. The van der Waals surface area contributed by atoms with Crippen molar-refractivity contribution in [2.24, 2.45) is 5.16 Å². The van der Waals surface area contributed by atoms with Crippen LogP contribution in [0.25, 0.3) is 0 Å². The fourth-order valence-electron chi connectivity index (χ4n) is 2.05. The second kappa shape index (κ2) is 7.44. The third-order valence-corrected chi connectivity index (χ3v) is 3.13. The summed E-state index contributed by atoms with van der Waals surface area (Å²) in [4.78, 5) is 29.2. The molecule has 1 aromatic carbocycles. The van der Waals surface area contributed by atoms with E-state index in [4.69, 9.17) is 14.3 Å². The third kappa shape index (κ3) is 5.06. The summed E-state index contributed by atoms with van der Waals surface area (Å²) in [5, 5.41) is 6.40. The Balaban J connectivity index is 1.88. The van der Waals surface area contributed by atoms with E-state index in [9.17, 15) is 9.59 Å². The van der Waals surface area contributed by atoms with Gasteiger partial charge in [-0.3, -0.25) is 4.79 Å². The monoisotopic (exact) mass is 334 g/mol. The lowest BCUT2D eigenvalue weighted by molar-refractivity contribution is -0.146. The van der Waals surface area contributed by atoms with Crippen LogP contribution in [-0.2, 0) is 30.5 Å². The van der Waals surface area contributed by atoms with Crippen molar-refractivity contribution >= 4 is 23.3 Å². The average Bonchev–Trinajstić information content (AvgIpc) is 2.98. The Kier molecular flexibility index (Phi) is 5.56. The highest BCUT2D eigenvalue weighted by Gasteiger charge is 2.34. The Labute approximate surface area is 141 Å². The second-order valence-electron chi connectivity index (χ2n) is 6.46. The van der Waals surface area contributed by atoms with Crippen LogP contribution in [0.4, 0.5) is 5.69 Å². The quantitative estimate of drug-likeness (QED) is 0.835. The van der Waals surface area contributed by atoms with Crippen LogP contribution >= 0.6 is 0 Å². The van der Waals surface area contributed by atoms with Crippen LogP contribution < -0.4 is 5.32 Å². The van der Waals surface area contributed by atoms with Crippen LogP contribution in [0, 0.1) is 0 Å². The summed E-state index contributed by atoms with van der Waals surface area (Å²) in [5.41, 5.74) is 1.13. The van der Waals surface area contributed by atoms with E-state index in [2.05, 4.69) is 10.5 Å². The lowest BCUT2D eigenvalue weighted by Crippen LogP contribution is -2.31. The molecule has 1 aliphatic rings. The molecular formula is C17H22N2O5. The molecule has 0 aliphatic carbocycles. The Bertz CT molecular complexity index is 631. The van der Waals surface area contributed by atoms with Crippen molar-refractivity contribution in [3.63, 3.8) is 0 Å². The number of hydrogen-bond donors (Lipinski definition) is 1. The number of anilines is 1. The van der Waals surface area contributed by atoms with E-state index in [1.807, 2.05) is 12.1 Å². The highest BCUT2D eigenvalue weighted by molar-refractivity contribution is 6.37. The normalized spacial score (nSPS) is 17.0. The molecule has 0 spiro atoms. The Morgan fingerprint density at radius 2 is 1.96 bits per heavy atom. The van der Waals surface area contributed by atoms with Crippen molar-refractivity contribution in [1.82, 2.24) is 0 Å². The van der Waals surface area contributed by atoms with Gasteiger partial charge in [0.05, 0.1) is 6.61 Å². The summed E-state index contributed by atoms with van der Waals surface area (Å²) in [5.74, 6) is -0.932. The molecule has 1 unspecified atom stereocenters. The molecule has 1 N–H and O–H groups in total. The highest BCUT2D eigenvalue weighted by Crippen LogP contribution is 2.17. The Morgan fingerprint density at radius 3 is 2.54 bits per heavy atom. The molecule has 2 rings (SSSR count). The maximum absolute atomic E-state index is 12.2. The smallest absolute Gasteiger partial charge is 0.356 e. The zero-order chi connectivity index (χ0) is 17.7. The van der Waals surface area contributed by atoms with Gasteiger partial charge in [-0.2, -0.15) is 0 Å². The Hall–Kier alpha value is -2.41. The highest BCUT2D eigenvalue weighted by atomic mass is 16.7. The molecule has 0 saturated heterocycles. The number of nitrogens with one attached hydrogen (secondary N) is 1. The molecule has 0 bridgehead atoms. The van der Waals surface area contributed by atoms with Crippen molar-refractivity contribution in [3.05, 3.63) is 29.8 Å². The number of nitrogens with zero attached hydrogens (tertiary/aromatic N) is 1. The van der Waals surface area contributed by atoms with Crippen LogP contribution in [0.3, 0.4) is 0 Å². The van der Waals surface area contributed by atoms with Gasteiger partial charge in [0.2, 0.25) is 6.10 Å². The lowest BCUT2D eigenvalue weighted by Gasteiger charge is -2.18. The van der Waals surface area contributed by atoms with Crippen molar-refractivity contribution in [2.45, 2.75) is 45.5 Å². The van der Waals surface area contributed by atoms with Crippen LogP contribution in [-0.4, -0.2) is 36.4 Å².